The molecule has 8 heteroatoms. The van der Waals surface area contributed by atoms with Gasteiger partial charge in [-0.3, -0.25) is 14.9 Å². The van der Waals surface area contributed by atoms with Gasteiger partial charge in [0.05, 0.1) is 15.7 Å². The molecule has 5 nitrogen and oxygen atoms in total. The summed E-state index contributed by atoms with van der Waals surface area (Å²) in [5.74, 6) is -0.900. The van der Waals surface area contributed by atoms with E-state index in [-0.39, 0.29) is 11.0 Å². The molecule has 3 N–H and O–H groups in total. The van der Waals surface area contributed by atoms with Crippen molar-refractivity contribution in [3.8, 4) is 0 Å². The summed E-state index contributed by atoms with van der Waals surface area (Å²) in [6.07, 6.45) is 2.19. The molecule has 0 aromatic heterocycles. The lowest BCUT2D eigenvalue weighted by molar-refractivity contribution is -0.118. The summed E-state index contributed by atoms with van der Waals surface area (Å²) in [5, 5.41) is 8.39. The molecule has 1 aromatic rings. The summed E-state index contributed by atoms with van der Waals surface area (Å²) in [6, 6.07) is 4.96. The van der Waals surface area contributed by atoms with Crippen LogP contribution in [0.2, 0.25) is 10.0 Å². The Morgan fingerprint density at radius 3 is 2.33 bits per heavy atom. The van der Waals surface area contributed by atoms with Crippen molar-refractivity contribution in [3.63, 3.8) is 0 Å². The van der Waals surface area contributed by atoms with E-state index in [1.807, 2.05) is 0 Å². The summed E-state index contributed by atoms with van der Waals surface area (Å²) in [4.78, 5) is 22.7. The smallest absolute Gasteiger partial charge is 0.250 e. The van der Waals surface area contributed by atoms with E-state index in [1.54, 1.807) is 25.1 Å². The molecular formula is C13H13Cl2N3O2S. The van der Waals surface area contributed by atoms with Crippen molar-refractivity contribution in [3.05, 3.63) is 40.4 Å². The molecule has 0 radical (unpaired) electrons. The molecule has 0 unspecified atom stereocenters. The maximum absolute atomic E-state index is 11.6. The Hall–Kier alpha value is -1.63. The average molecular weight is 346 g/mol. The fraction of sp³-hybridized carbons (Fsp3) is 0.154. The lowest BCUT2D eigenvalue weighted by atomic mass is 10.3. The second-order valence-electron chi connectivity index (χ2n) is 3.77. The number of hydrogen-bond donors (Lipinski definition) is 3. The maximum Gasteiger partial charge on any atom is 0.250 e. The van der Waals surface area contributed by atoms with Crippen LogP contribution in [0.1, 0.15) is 6.92 Å². The van der Waals surface area contributed by atoms with Gasteiger partial charge in [0.2, 0.25) is 11.8 Å². The Labute approximate surface area is 137 Å². The first-order valence-electron chi connectivity index (χ1n) is 5.96. The highest BCUT2D eigenvalue weighted by atomic mass is 35.5. The predicted octanol–water partition coefficient (Wildman–Crippen LogP) is 2.50. The van der Waals surface area contributed by atoms with E-state index in [2.05, 4.69) is 16.0 Å². The van der Waals surface area contributed by atoms with E-state index >= 15 is 0 Å². The molecule has 1 aromatic carbocycles. The highest BCUT2D eigenvalue weighted by molar-refractivity contribution is 7.80. The molecule has 21 heavy (non-hydrogen) atoms. The third kappa shape index (κ3) is 6.12. The second kappa shape index (κ2) is 8.61. The Morgan fingerprint density at radius 1 is 1.19 bits per heavy atom. The van der Waals surface area contributed by atoms with Gasteiger partial charge in [0, 0.05) is 18.7 Å². The molecule has 1 rings (SSSR count). The summed E-state index contributed by atoms with van der Waals surface area (Å²) < 4.78 is 0. The van der Waals surface area contributed by atoms with E-state index in [0.717, 1.165) is 12.2 Å². The lowest BCUT2D eigenvalue weighted by Crippen LogP contribution is -2.33. The molecular weight excluding hydrogens is 333 g/mol. The Kier molecular flexibility index (Phi) is 7.14. The molecule has 0 heterocycles. The normalized spacial score (nSPS) is 10.2. The fourth-order valence-corrected chi connectivity index (χ4v) is 1.99. The molecule has 0 atom stereocenters. The fourth-order valence-electron chi connectivity index (χ4n) is 1.30. The van der Waals surface area contributed by atoms with Crippen LogP contribution >= 0.6 is 35.4 Å². The van der Waals surface area contributed by atoms with E-state index < -0.39 is 5.91 Å². The zero-order valence-corrected chi connectivity index (χ0v) is 13.4. The number of carbonyl (C=O) groups is 2. The monoisotopic (exact) mass is 345 g/mol. The number of amides is 2. The molecule has 0 aliphatic rings. The molecule has 0 spiro atoms. The highest BCUT2D eigenvalue weighted by Crippen LogP contribution is 2.29. The first-order valence-corrected chi connectivity index (χ1v) is 7.12. The molecule has 2 amide bonds. The van der Waals surface area contributed by atoms with Crippen molar-refractivity contribution in [2.45, 2.75) is 6.92 Å². The number of benzene rings is 1. The minimum Gasteiger partial charge on any atom is -0.353 e. The van der Waals surface area contributed by atoms with Crippen LogP contribution in [0.15, 0.2) is 30.4 Å². The van der Waals surface area contributed by atoms with Crippen LogP contribution in [0, 0.1) is 0 Å². The first kappa shape index (κ1) is 17.4. The largest absolute Gasteiger partial charge is 0.353 e. The van der Waals surface area contributed by atoms with Crippen molar-refractivity contribution in [1.29, 1.82) is 0 Å². The number of para-hydroxylation sites is 1. The topological polar surface area (TPSA) is 70.2 Å². The third-order valence-corrected chi connectivity index (χ3v) is 3.01. The zero-order chi connectivity index (χ0) is 15.8. The van der Waals surface area contributed by atoms with Gasteiger partial charge in [-0.05, 0) is 31.3 Å². The van der Waals surface area contributed by atoms with Gasteiger partial charge in [0.15, 0.2) is 5.11 Å². The van der Waals surface area contributed by atoms with Crippen molar-refractivity contribution in [2.24, 2.45) is 0 Å². The van der Waals surface area contributed by atoms with Gasteiger partial charge >= 0.3 is 0 Å². The van der Waals surface area contributed by atoms with Crippen LogP contribution in [0.3, 0.4) is 0 Å². The maximum atomic E-state index is 11.6. The number of rotatable bonds is 4. The van der Waals surface area contributed by atoms with Gasteiger partial charge in [-0.1, -0.05) is 29.3 Å². The number of likely N-dealkylation sites (N-methyl/N-ethyl adjacent to an activating group) is 1. The van der Waals surface area contributed by atoms with Crippen molar-refractivity contribution >= 4 is 58.0 Å². The molecule has 0 aliphatic heterocycles. The molecule has 0 saturated heterocycles. The van der Waals surface area contributed by atoms with Gasteiger partial charge in [0.1, 0.15) is 0 Å². The Balaban J connectivity index is 2.58. The van der Waals surface area contributed by atoms with Crippen LogP contribution in [0.4, 0.5) is 5.69 Å². The SMILES string of the molecule is CCNC(=O)/C=C/C(=O)NC(=S)Nc1c(Cl)cccc1Cl. The number of halogens is 2. The van der Waals surface area contributed by atoms with Gasteiger partial charge in [0.25, 0.3) is 0 Å². The highest BCUT2D eigenvalue weighted by Gasteiger charge is 2.08. The minimum atomic E-state index is -0.540. The number of anilines is 1. The van der Waals surface area contributed by atoms with Gasteiger partial charge in [-0.2, -0.15) is 0 Å². The molecule has 0 fully saturated rings. The predicted molar refractivity (Wildman–Crippen MR) is 88.6 cm³/mol. The van der Waals surface area contributed by atoms with E-state index in [9.17, 15) is 9.59 Å². The number of thiocarbonyl (C=S) groups is 1. The summed E-state index contributed by atoms with van der Waals surface area (Å²) in [5.41, 5.74) is 0.402. The van der Waals surface area contributed by atoms with Gasteiger partial charge in [-0.25, -0.2) is 0 Å². The minimum absolute atomic E-state index is 0.0237. The second-order valence-corrected chi connectivity index (χ2v) is 4.99. The number of carbonyl (C=O) groups excluding carboxylic acids is 2. The van der Waals surface area contributed by atoms with Crippen LogP contribution in [-0.2, 0) is 9.59 Å². The van der Waals surface area contributed by atoms with Crippen molar-refractivity contribution in [2.75, 3.05) is 11.9 Å². The quantitative estimate of drug-likeness (QED) is 0.579. The summed E-state index contributed by atoms with van der Waals surface area (Å²) >= 11 is 16.9. The molecule has 112 valence electrons. The molecule has 0 saturated carbocycles. The average Bonchev–Trinajstić information content (AvgIpc) is 2.41. The lowest BCUT2D eigenvalue weighted by Gasteiger charge is -2.11. The van der Waals surface area contributed by atoms with Crippen LogP contribution in [0.25, 0.3) is 0 Å². The van der Waals surface area contributed by atoms with Crippen molar-refractivity contribution in [1.82, 2.24) is 10.6 Å². The standard InChI is InChI=1S/C13H13Cl2N3O2S/c1-2-16-10(19)6-7-11(20)17-13(21)18-12-8(14)4-3-5-9(12)15/h3-7H,2H2,1H3,(H,16,19)(H2,17,18,20,21)/b7-6+. The van der Waals surface area contributed by atoms with Crippen LogP contribution < -0.4 is 16.0 Å². The van der Waals surface area contributed by atoms with Crippen LogP contribution in [0.5, 0.6) is 0 Å². The van der Waals surface area contributed by atoms with E-state index in [1.165, 1.54) is 0 Å². The number of nitrogens with one attached hydrogen (secondary N) is 3. The van der Waals surface area contributed by atoms with Gasteiger partial charge < -0.3 is 10.6 Å². The summed E-state index contributed by atoms with van der Waals surface area (Å²) in [7, 11) is 0. The Bertz CT molecular complexity index is 571. The Morgan fingerprint density at radius 2 is 1.76 bits per heavy atom. The first-order chi connectivity index (χ1) is 9.93. The zero-order valence-electron chi connectivity index (χ0n) is 11.1. The van der Waals surface area contributed by atoms with Gasteiger partial charge in [-0.15, -0.1) is 0 Å². The van der Waals surface area contributed by atoms with E-state index in [0.29, 0.717) is 22.3 Å². The van der Waals surface area contributed by atoms with Crippen LogP contribution in [-0.4, -0.2) is 23.5 Å². The molecule has 0 aliphatic carbocycles. The molecule has 0 bridgehead atoms. The van der Waals surface area contributed by atoms with Crippen molar-refractivity contribution < 1.29 is 9.59 Å². The number of hydrogen-bond acceptors (Lipinski definition) is 3. The van der Waals surface area contributed by atoms with E-state index in [4.69, 9.17) is 35.4 Å². The summed E-state index contributed by atoms with van der Waals surface area (Å²) in [6.45, 7) is 2.26. The third-order valence-electron chi connectivity index (χ3n) is 2.18.